The highest BCUT2D eigenvalue weighted by Crippen LogP contribution is 2.10. The zero-order valence-corrected chi connectivity index (χ0v) is 8.01. The normalized spacial score (nSPS) is 10.5. The van der Waals surface area contributed by atoms with Gasteiger partial charge in [-0.15, -0.1) is 0 Å². The standard InChI is InChI=1S/C8H11BrN2/c1-11(10)6-7-2-4-8(9)5-3-7/h2-5H,6,10H2,1H3. The van der Waals surface area contributed by atoms with Crippen LogP contribution >= 0.6 is 15.9 Å². The highest BCUT2D eigenvalue weighted by molar-refractivity contribution is 9.10. The smallest absolute Gasteiger partial charge is 0.0376 e. The molecule has 1 aromatic rings. The molecule has 2 nitrogen and oxygen atoms in total. The van der Waals surface area contributed by atoms with Gasteiger partial charge in [0, 0.05) is 18.1 Å². The van der Waals surface area contributed by atoms with Crippen LogP contribution in [0.15, 0.2) is 28.7 Å². The number of nitrogens with two attached hydrogens (primary N) is 1. The summed E-state index contributed by atoms with van der Waals surface area (Å²) in [5.74, 6) is 5.48. The molecule has 0 aromatic heterocycles. The van der Waals surface area contributed by atoms with Crippen LogP contribution in [0.3, 0.4) is 0 Å². The summed E-state index contributed by atoms with van der Waals surface area (Å²) in [4.78, 5) is 0. The molecule has 0 atom stereocenters. The Morgan fingerprint density at radius 2 is 1.91 bits per heavy atom. The molecular weight excluding hydrogens is 204 g/mol. The first kappa shape index (κ1) is 8.71. The summed E-state index contributed by atoms with van der Waals surface area (Å²) in [6, 6.07) is 8.12. The molecule has 0 amide bonds. The quantitative estimate of drug-likeness (QED) is 0.601. The van der Waals surface area contributed by atoms with E-state index in [9.17, 15) is 0 Å². The van der Waals surface area contributed by atoms with Gasteiger partial charge in [-0.3, -0.25) is 5.84 Å². The van der Waals surface area contributed by atoms with E-state index in [-0.39, 0.29) is 0 Å². The van der Waals surface area contributed by atoms with Crippen molar-refractivity contribution in [3.8, 4) is 0 Å². The van der Waals surface area contributed by atoms with Crippen LogP contribution in [-0.2, 0) is 6.54 Å². The number of hydrazine groups is 1. The predicted octanol–water partition coefficient (Wildman–Crippen LogP) is 1.75. The molecule has 0 radical (unpaired) electrons. The molecule has 1 rings (SSSR count). The molecule has 0 spiro atoms. The lowest BCUT2D eigenvalue weighted by atomic mass is 10.2. The summed E-state index contributed by atoms with van der Waals surface area (Å²) in [6.07, 6.45) is 0. The lowest BCUT2D eigenvalue weighted by Gasteiger charge is -2.08. The topological polar surface area (TPSA) is 29.3 Å². The van der Waals surface area contributed by atoms with Crippen LogP contribution in [0.1, 0.15) is 5.56 Å². The Bertz CT molecular complexity index is 218. The molecule has 0 bridgehead atoms. The largest absolute Gasteiger partial charge is 0.269 e. The number of halogens is 1. The van der Waals surface area contributed by atoms with Gasteiger partial charge in [-0.25, -0.2) is 5.01 Å². The van der Waals surface area contributed by atoms with Crippen molar-refractivity contribution in [1.29, 1.82) is 0 Å². The second kappa shape index (κ2) is 3.85. The summed E-state index contributed by atoms with van der Waals surface area (Å²) in [6.45, 7) is 0.785. The van der Waals surface area contributed by atoms with Crippen LogP contribution in [0.5, 0.6) is 0 Å². The van der Waals surface area contributed by atoms with Crippen LogP contribution < -0.4 is 5.84 Å². The van der Waals surface area contributed by atoms with Crippen LogP contribution in [0.2, 0.25) is 0 Å². The Kier molecular flexibility index (Phi) is 3.05. The summed E-state index contributed by atoms with van der Waals surface area (Å²) in [5, 5.41) is 1.66. The van der Waals surface area contributed by atoms with Crippen LogP contribution in [0.4, 0.5) is 0 Å². The van der Waals surface area contributed by atoms with Crippen molar-refractivity contribution in [2.45, 2.75) is 6.54 Å². The van der Waals surface area contributed by atoms with E-state index in [4.69, 9.17) is 5.84 Å². The van der Waals surface area contributed by atoms with Crippen LogP contribution in [0.25, 0.3) is 0 Å². The Balaban J connectivity index is 2.66. The molecule has 0 fully saturated rings. The van der Waals surface area contributed by atoms with E-state index in [1.807, 2.05) is 31.3 Å². The Labute approximate surface area is 75.1 Å². The fraction of sp³-hybridized carbons (Fsp3) is 0.250. The molecule has 0 unspecified atom stereocenters. The number of benzene rings is 1. The van der Waals surface area contributed by atoms with Gasteiger partial charge in [0.15, 0.2) is 0 Å². The number of rotatable bonds is 2. The highest BCUT2D eigenvalue weighted by atomic mass is 79.9. The van der Waals surface area contributed by atoms with Gasteiger partial charge in [-0.2, -0.15) is 0 Å². The van der Waals surface area contributed by atoms with E-state index in [2.05, 4.69) is 15.9 Å². The van der Waals surface area contributed by atoms with Gasteiger partial charge in [0.25, 0.3) is 0 Å². The third-order valence-corrected chi connectivity index (χ3v) is 1.87. The second-order valence-electron chi connectivity index (χ2n) is 2.54. The van der Waals surface area contributed by atoms with Gasteiger partial charge >= 0.3 is 0 Å². The third-order valence-electron chi connectivity index (χ3n) is 1.35. The number of nitrogens with zero attached hydrogens (tertiary/aromatic N) is 1. The third kappa shape index (κ3) is 3.01. The molecule has 0 aliphatic heterocycles. The van der Waals surface area contributed by atoms with E-state index >= 15 is 0 Å². The van der Waals surface area contributed by atoms with Crippen molar-refractivity contribution in [3.05, 3.63) is 34.3 Å². The molecule has 0 saturated heterocycles. The molecule has 0 heterocycles. The van der Waals surface area contributed by atoms with E-state index in [1.165, 1.54) is 5.56 Å². The molecule has 0 aliphatic rings. The minimum atomic E-state index is 0.785. The van der Waals surface area contributed by atoms with Crippen molar-refractivity contribution in [1.82, 2.24) is 5.01 Å². The van der Waals surface area contributed by atoms with Gasteiger partial charge in [0.05, 0.1) is 0 Å². The Morgan fingerprint density at radius 3 is 2.36 bits per heavy atom. The van der Waals surface area contributed by atoms with Gasteiger partial charge in [0.1, 0.15) is 0 Å². The molecule has 60 valence electrons. The minimum Gasteiger partial charge on any atom is -0.269 e. The zero-order valence-electron chi connectivity index (χ0n) is 6.42. The zero-order chi connectivity index (χ0) is 8.27. The lowest BCUT2D eigenvalue weighted by molar-refractivity contribution is 0.341. The lowest BCUT2D eigenvalue weighted by Crippen LogP contribution is -2.24. The highest BCUT2D eigenvalue weighted by Gasteiger charge is 1.93. The van der Waals surface area contributed by atoms with Gasteiger partial charge in [-0.1, -0.05) is 28.1 Å². The maximum Gasteiger partial charge on any atom is 0.0376 e. The van der Waals surface area contributed by atoms with E-state index in [0.29, 0.717) is 0 Å². The van der Waals surface area contributed by atoms with E-state index in [0.717, 1.165) is 11.0 Å². The van der Waals surface area contributed by atoms with Crippen LogP contribution in [-0.4, -0.2) is 12.1 Å². The first-order valence-corrected chi connectivity index (χ1v) is 4.18. The van der Waals surface area contributed by atoms with Crippen molar-refractivity contribution in [2.75, 3.05) is 7.05 Å². The maximum absolute atomic E-state index is 5.48. The first-order chi connectivity index (χ1) is 5.18. The molecule has 3 heteroatoms. The monoisotopic (exact) mass is 214 g/mol. The van der Waals surface area contributed by atoms with Gasteiger partial charge in [-0.05, 0) is 17.7 Å². The maximum atomic E-state index is 5.48. The SMILES string of the molecule is CN(N)Cc1ccc(Br)cc1. The van der Waals surface area contributed by atoms with Gasteiger partial charge in [0.2, 0.25) is 0 Å². The fourth-order valence-corrected chi connectivity index (χ4v) is 1.14. The summed E-state index contributed by atoms with van der Waals surface area (Å²) < 4.78 is 1.10. The Morgan fingerprint density at radius 1 is 1.36 bits per heavy atom. The molecule has 0 aliphatic carbocycles. The number of hydrogen-bond donors (Lipinski definition) is 1. The summed E-state index contributed by atoms with van der Waals surface area (Å²) >= 11 is 3.37. The van der Waals surface area contributed by atoms with Crippen molar-refractivity contribution >= 4 is 15.9 Å². The van der Waals surface area contributed by atoms with Crippen LogP contribution in [0, 0.1) is 0 Å². The molecule has 1 aromatic carbocycles. The van der Waals surface area contributed by atoms with E-state index < -0.39 is 0 Å². The molecule has 11 heavy (non-hydrogen) atoms. The van der Waals surface area contributed by atoms with Crippen molar-refractivity contribution in [2.24, 2.45) is 5.84 Å². The summed E-state index contributed by atoms with van der Waals surface area (Å²) in [7, 11) is 1.85. The minimum absolute atomic E-state index is 0.785. The molecule has 0 saturated carbocycles. The summed E-state index contributed by atoms with van der Waals surface area (Å²) in [5.41, 5.74) is 1.22. The van der Waals surface area contributed by atoms with E-state index in [1.54, 1.807) is 5.01 Å². The van der Waals surface area contributed by atoms with Crippen molar-refractivity contribution < 1.29 is 0 Å². The van der Waals surface area contributed by atoms with Gasteiger partial charge < -0.3 is 0 Å². The van der Waals surface area contributed by atoms with Crippen molar-refractivity contribution in [3.63, 3.8) is 0 Å². The first-order valence-electron chi connectivity index (χ1n) is 3.39. The number of hydrogen-bond acceptors (Lipinski definition) is 2. The molecule has 2 N–H and O–H groups in total. The fourth-order valence-electron chi connectivity index (χ4n) is 0.878. The average molecular weight is 215 g/mol. The second-order valence-corrected chi connectivity index (χ2v) is 3.46. The Hall–Kier alpha value is -0.380. The average Bonchev–Trinajstić information content (AvgIpc) is 1.93. The molecular formula is C8H11BrN2. The predicted molar refractivity (Wildman–Crippen MR) is 49.8 cm³/mol.